The number of hydrogen-bond acceptors (Lipinski definition) is 3. The third-order valence-corrected chi connectivity index (χ3v) is 2.56. The predicted molar refractivity (Wildman–Crippen MR) is 65.3 cm³/mol. The second kappa shape index (κ2) is 5.47. The fourth-order valence-corrected chi connectivity index (χ4v) is 2.07. The monoisotopic (exact) mass is 322 g/mol. The maximum Gasteiger partial charge on any atom is 0.337 e. The van der Waals surface area contributed by atoms with Gasteiger partial charge >= 0.3 is 5.97 Å². The smallest absolute Gasteiger partial charge is 0.337 e. The molecule has 0 aromatic heterocycles. The summed E-state index contributed by atoms with van der Waals surface area (Å²) in [4.78, 5) is 11.4. The van der Waals surface area contributed by atoms with Crippen LogP contribution in [0.2, 0.25) is 0 Å². The highest BCUT2D eigenvalue weighted by atomic mass is 127. The second-order valence-corrected chi connectivity index (χ2v) is 4.55. The number of hydrogen-bond donors (Lipinski definition) is 1. The normalized spacial score (nSPS) is 10.1. The molecule has 0 atom stereocenters. The number of aliphatic hydroxyl groups excluding tert-OH is 1. The third kappa shape index (κ3) is 3.07. The van der Waals surface area contributed by atoms with Crippen LogP contribution < -0.4 is 0 Å². The highest BCUT2D eigenvalue weighted by Crippen LogP contribution is 2.13. The lowest BCUT2D eigenvalue weighted by Crippen LogP contribution is -2.07. The van der Waals surface area contributed by atoms with Gasteiger partial charge in [-0.1, -0.05) is 0 Å². The number of benzene rings is 1. The third-order valence-electron chi connectivity index (χ3n) is 1.65. The van der Waals surface area contributed by atoms with Gasteiger partial charge in [0.2, 0.25) is 0 Å². The van der Waals surface area contributed by atoms with E-state index in [9.17, 15) is 4.79 Å². The van der Waals surface area contributed by atoms with E-state index in [1.165, 1.54) is 0 Å². The van der Waals surface area contributed by atoms with Gasteiger partial charge in [0, 0.05) is 3.57 Å². The molecular formula is C9H11IO3Si. The highest BCUT2D eigenvalue weighted by molar-refractivity contribution is 14.1. The Labute approximate surface area is 99.0 Å². The van der Waals surface area contributed by atoms with E-state index in [0.29, 0.717) is 11.8 Å². The molecule has 1 rings (SSSR count). The number of esters is 1. The molecule has 0 aliphatic rings. The molecule has 1 N–H and O–H groups in total. The number of carbonyl (C=O) groups is 1. The molecule has 1 aromatic rings. The molecule has 0 aliphatic heterocycles. The zero-order chi connectivity index (χ0) is 10.6. The Kier molecular flexibility index (Phi) is 4.56. The van der Waals surface area contributed by atoms with E-state index >= 15 is 0 Å². The van der Waals surface area contributed by atoms with Crippen molar-refractivity contribution in [3.8, 4) is 0 Å². The van der Waals surface area contributed by atoms with Crippen LogP contribution in [0.3, 0.4) is 0 Å². The lowest BCUT2D eigenvalue weighted by Gasteiger charge is -2.04. The molecule has 0 radical (unpaired) electrons. The first-order chi connectivity index (χ1) is 6.67. The van der Waals surface area contributed by atoms with Crippen LogP contribution in [-0.4, -0.2) is 27.5 Å². The molecular weight excluding hydrogens is 311 g/mol. The Hall–Kier alpha value is -0.403. The number of ether oxygens (including phenoxy) is 1. The minimum atomic E-state index is -0.312. The molecule has 76 valence electrons. The van der Waals surface area contributed by atoms with Crippen molar-refractivity contribution in [3.63, 3.8) is 0 Å². The molecule has 0 unspecified atom stereocenters. The summed E-state index contributed by atoms with van der Waals surface area (Å²) in [6.07, 6.45) is 0.499. The number of carbonyl (C=O) groups excluding carboxylic acids is 1. The summed E-state index contributed by atoms with van der Waals surface area (Å²) in [6, 6.07) is 5.24. The van der Waals surface area contributed by atoms with Gasteiger partial charge in [0.15, 0.2) is 0 Å². The van der Waals surface area contributed by atoms with Gasteiger partial charge in [-0.3, -0.25) is 0 Å². The minimum Gasteiger partial charge on any atom is -0.467 e. The van der Waals surface area contributed by atoms with Crippen LogP contribution in [0.25, 0.3) is 0 Å². The lowest BCUT2D eigenvalue weighted by atomic mass is 10.1. The van der Waals surface area contributed by atoms with E-state index in [4.69, 9.17) is 9.84 Å². The largest absolute Gasteiger partial charge is 0.467 e. The second-order valence-electron chi connectivity index (χ2n) is 2.73. The van der Waals surface area contributed by atoms with Crippen molar-refractivity contribution >= 4 is 38.8 Å². The summed E-state index contributed by atoms with van der Waals surface area (Å²) < 4.78 is 5.85. The van der Waals surface area contributed by atoms with Crippen LogP contribution in [0.15, 0.2) is 18.2 Å². The number of rotatable bonds is 3. The fraction of sp³-hybridized carbons (Fsp3) is 0.222. The quantitative estimate of drug-likeness (QED) is 0.493. The van der Waals surface area contributed by atoms with Crippen LogP contribution >= 0.6 is 22.6 Å². The Morgan fingerprint density at radius 2 is 2.21 bits per heavy atom. The van der Waals surface area contributed by atoms with Gasteiger partial charge in [-0.15, -0.1) is 0 Å². The van der Waals surface area contributed by atoms with Crippen molar-refractivity contribution in [2.24, 2.45) is 0 Å². The molecule has 0 saturated heterocycles. The Bertz CT molecular complexity index is 341. The van der Waals surface area contributed by atoms with Crippen LogP contribution in [0.5, 0.6) is 0 Å². The summed E-state index contributed by atoms with van der Waals surface area (Å²) >= 11 is 2.11. The first-order valence-electron chi connectivity index (χ1n) is 4.24. The fourth-order valence-electron chi connectivity index (χ4n) is 1.07. The van der Waals surface area contributed by atoms with Crippen LogP contribution in [0.1, 0.15) is 15.9 Å². The first-order valence-corrected chi connectivity index (χ1v) is 6.74. The van der Waals surface area contributed by atoms with Crippen molar-refractivity contribution in [1.82, 2.24) is 0 Å². The van der Waals surface area contributed by atoms with Gasteiger partial charge in [0.1, 0.15) is 0 Å². The lowest BCUT2D eigenvalue weighted by molar-refractivity contribution is 0.0573. The number of halogens is 1. The van der Waals surface area contributed by atoms with Gasteiger partial charge in [0.25, 0.3) is 0 Å². The van der Waals surface area contributed by atoms with E-state index in [0.717, 1.165) is 19.4 Å². The zero-order valence-electron chi connectivity index (χ0n) is 7.79. The van der Waals surface area contributed by atoms with Gasteiger partial charge in [-0.2, -0.15) is 0 Å². The minimum absolute atomic E-state index is 0.0575. The molecule has 0 amide bonds. The summed E-state index contributed by atoms with van der Waals surface area (Å²) in [5.41, 5.74) is 1.24. The summed E-state index contributed by atoms with van der Waals surface area (Å²) in [6.45, 7) is -0.0575. The average molecular weight is 322 g/mol. The zero-order valence-corrected chi connectivity index (χ0v) is 11.9. The molecule has 0 spiro atoms. The van der Waals surface area contributed by atoms with E-state index in [1.807, 2.05) is 6.07 Å². The van der Waals surface area contributed by atoms with Crippen molar-refractivity contribution in [3.05, 3.63) is 32.9 Å². The topological polar surface area (TPSA) is 46.5 Å². The van der Waals surface area contributed by atoms with Crippen molar-refractivity contribution < 1.29 is 14.6 Å². The molecule has 5 heteroatoms. The highest BCUT2D eigenvalue weighted by Gasteiger charge is 2.08. The van der Waals surface area contributed by atoms with Gasteiger partial charge < -0.3 is 9.84 Å². The van der Waals surface area contributed by atoms with Gasteiger partial charge in [-0.05, 0) is 46.4 Å². The van der Waals surface area contributed by atoms with E-state index in [2.05, 4.69) is 22.6 Å². The molecule has 0 fully saturated rings. The molecule has 0 bridgehead atoms. The molecule has 14 heavy (non-hydrogen) atoms. The predicted octanol–water partition coefficient (Wildman–Crippen LogP) is 0.263. The SMILES string of the molecule is O=C(OC[SiH3])c1cc(I)cc(CO)c1. The Morgan fingerprint density at radius 1 is 1.50 bits per heavy atom. The van der Waals surface area contributed by atoms with Crippen LogP contribution in [-0.2, 0) is 11.3 Å². The van der Waals surface area contributed by atoms with Crippen molar-refractivity contribution in [2.45, 2.75) is 6.61 Å². The molecule has 0 saturated carbocycles. The summed E-state index contributed by atoms with van der Waals surface area (Å²) in [7, 11) is 0.841. The summed E-state index contributed by atoms with van der Waals surface area (Å²) in [5.74, 6) is -0.312. The molecule has 0 aliphatic carbocycles. The first kappa shape index (κ1) is 11.7. The van der Waals surface area contributed by atoms with Crippen LogP contribution in [0.4, 0.5) is 0 Å². The standard InChI is InChI=1S/C9H11IO3Si/c10-8-2-6(4-11)1-7(3-8)9(12)13-5-14/h1-3,11H,4-5H2,14H3. The van der Waals surface area contributed by atoms with E-state index < -0.39 is 0 Å². The Balaban J connectivity index is 2.96. The van der Waals surface area contributed by atoms with E-state index in [1.54, 1.807) is 12.1 Å². The van der Waals surface area contributed by atoms with Crippen molar-refractivity contribution in [2.75, 3.05) is 6.23 Å². The van der Waals surface area contributed by atoms with Crippen molar-refractivity contribution in [1.29, 1.82) is 0 Å². The molecule has 1 aromatic carbocycles. The maximum atomic E-state index is 11.4. The maximum absolute atomic E-state index is 11.4. The summed E-state index contributed by atoms with van der Waals surface area (Å²) in [5, 5.41) is 8.95. The average Bonchev–Trinajstić information content (AvgIpc) is 2.17. The Morgan fingerprint density at radius 3 is 2.79 bits per heavy atom. The van der Waals surface area contributed by atoms with E-state index in [-0.39, 0.29) is 12.6 Å². The van der Waals surface area contributed by atoms with Crippen LogP contribution in [0, 0.1) is 3.57 Å². The van der Waals surface area contributed by atoms with Gasteiger partial charge in [-0.25, -0.2) is 4.79 Å². The van der Waals surface area contributed by atoms with Gasteiger partial charge in [0.05, 0.1) is 28.6 Å². The molecule has 3 nitrogen and oxygen atoms in total. The molecule has 0 heterocycles. The number of aliphatic hydroxyl groups is 1.